The van der Waals surface area contributed by atoms with Gasteiger partial charge in [0.05, 0.1) is 0 Å². The van der Waals surface area contributed by atoms with Crippen LogP contribution in [0.5, 0.6) is 0 Å². The van der Waals surface area contributed by atoms with Gasteiger partial charge < -0.3 is 5.32 Å². The Hall–Kier alpha value is -0.640. The van der Waals surface area contributed by atoms with Crippen molar-refractivity contribution in [1.82, 2.24) is 15.2 Å². The van der Waals surface area contributed by atoms with Gasteiger partial charge in [-0.3, -0.25) is 4.90 Å². The molecule has 2 rings (SSSR count). The Kier molecular flexibility index (Phi) is 4.77. The summed E-state index contributed by atoms with van der Waals surface area (Å²) in [4.78, 5) is 6.66. The van der Waals surface area contributed by atoms with Crippen molar-refractivity contribution in [2.45, 2.75) is 31.8 Å². The zero-order valence-electron chi connectivity index (χ0n) is 10.3. The molecular formula is C13H20ClN3. The lowest BCUT2D eigenvalue weighted by Gasteiger charge is -2.35. The van der Waals surface area contributed by atoms with Gasteiger partial charge in [-0.2, -0.15) is 0 Å². The number of likely N-dealkylation sites (N-methyl/N-ethyl adjacent to an activating group) is 1. The zero-order chi connectivity index (χ0) is 12.1. The van der Waals surface area contributed by atoms with Crippen LogP contribution in [-0.2, 0) is 6.54 Å². The molecule has 0 aliphatic carbocycles. The average Bonchev–Trinajstić information content (AvgIpc) is 2.35. The molecule has 1 aromatic heterocycles. The normalized spacial score (nSPS) is 21.6. The standard InChI is InChI=1S/C13H20ClN3/c1-15-9-12-6-2-3-8-17(12)10-11-5-4-7-16-13(11)14/h4-5,7,12,15H,2-3,6,8-10H2,1H3. The van der Waals surface area contributed by atoms with Crippen molar-refractivity contribution >= 4 is 11.6 Å². The molecular weight excluding hydrogens is 234 g/mol. The largest absolute Gasteiger partial charge is 0.318 e. The summed E-state index contributed by atoms with van der Waals surface area (Å²) in [6.45, 7) is 3.13. The Bertz CT molecular complexity index is 354. The van der Waals surface area contributed by atoms with E-state index in [0.717, 1.165) is 25.2 Å². The molecule has 94 valence electrons. The van der Waals surface area contributed by atoms with Gasteiger partial charge in [-0.1, -0.05) is 24.1 Å². The topological polar surface area (TPSA) is 28.2 Å². The summed E-state index contributed by atoms with van der Waals surface area (Å²) < 4.78 is 0. The van der Waals surface area contributed by atoms with E-state index < -0.39 is 0 Å². The van der Waals surface area contributed by atoms with E-state index in [1.807, 2.05) is 13.1 Å². The summed E-state index contributed by atoms with van der Waals surface area (Å²) in [6.07, 6.45) is 5.65. The summed E-state index contributed by atoms with van der Waals surface area (Å²) in [7, 11) is 2.02. The fourth-order valence-corrected chi connectivity index (χ4v) is 2.67. The molecule has 1 aromatic rings. The van der Waals surface area contributed by atoms with Crippen LogP contribution >= 0.6 is 11.6 Å². The summed E-state index contributed by atoms with van der Waals surface area (Å²) in [5, 5.41) is 3.92. The van der Waals surface area contributed by atoms with Crippen molar-refractivity contribution in [2.24, 2.45) is 0 Å². The van der Waals surface area contributed by atoms with Gasteiger partial charge in [-0.25, -0.2) is 4.98 Å². The van der Waals surface area contributed by atoms with Crippen LogP contribution in [0.3, 0.4) is 0 Å². The van der Waals surface area contributed by atoms with Crippen molar-refractivity contribution in [3.05, 3.63) is 29.0 Å². The highest BCUT2D eigenvalue weighted by molar-refractivity contribution is 6.30. The van der Waals surface area contributed by atoms with Crippen LogP contribution in [-0.4, -0.2) is 36.1 Å². The highest BCUT2D eigenvalue weighted by atomic mass is 35.5. The lowest BCUT2D eigenvalue weighted by atomic mass is 10.0. The number of pyridine rings is 1. The second kappa shape index (κ2) is 6.34. The first-order chi connectivity index (χ1) is 8.31. The van der Waals surface area contributed by atoms with Crippen LogP contribution in [0.15, 0.2) is 18.3 Å². The van der Waals surface area contributed by atoms with Crippen LogP contribution < -0.4 is 5.32 Å². The minimum Gasteiger partial charge on any atom is -0.318 e. The molecule has 1 aliphatic rings. The van der Waals surface area contributed by atoms with Gasteiger partial charge in [0.15, 0.2) is 0 Å². The van der Waals surface area contributed by atoms with Crippen LogP contribution in [0.4, 0.5) is 0 Å². The van der Waals surface area contributed by atoms with Gasteiger partial charge in [-0.15, -0.1) is 0 Å². The van der Waals surface area contributed by atoms with Gasteiger partial charge in [-0.05, 0) is 32.5 Å². The molecule has 0 spiro atoms. The number of rotatable bonds is 4. The van der Waals surface area contributed by atoms with E-state index in [-0.39, 0.29) is 0 Å². The minimum absolute atomic E-state index is 0.630. The first-order valence-electron chi connectivity index (χ1n) is 6.29. The molecule has 1 N–H and O–H groups in total. The minimum atomic E-state index is 0.630. The highest BCUT2D eigenvalue weighted by Gasteiger charge is 2.22. The number of hydrogen-bond donors (Lipinski definition) is 1. The first kappa shape index (κ1) is 12.8. The number of hydrogen-bond acceptors (Lipinski definition) is 3. The zero-order valence-corrected chi connectivity index (χ0v) is 11.1. The third-order valence-electron chi connectivity index (χ3n) is 3.40. The third-order valence-corrected chi connectivity index (χ3v) is 3.74. The second-order valence-electron chi connectivity index (χ2n) is 4.63. The average molecular weight is 254 g/mol. The van der Waals surface area contributed by atoms with E-state index in [0.29, 0.717) is 11.2 Å². The molecule has 1 fully saturated rings. The molecule has 0 amide bonds. The molecule has 17 heavy (non-hydrogen) atoms. The number of likely N-dealkylation sites (tertiary alicyclic amines) is 1. The monoisotopic (exact) mass is 253 g/mol. The van der Waals surface area contributed by atoms with E-state index in [1.54, 1.807) is 6.20 Å². The molecule has 1 saturated heterocycles. The van der Waals surface area contributed by atoms with E-state index >= 15 is 0 Å². The van der Waals surface area contributed by atoms with Crippen molar-refractivity contribution in [3.63, 3.8) is 0 Å². The number of nitrogens with zero attached hydrogens (tertiary/aromatic N) is 2. The lowest BCUT2D eigenvalue weighted by molar-refractivity contribution is 0.139. The van der Waals surface area contributed by atoms with E-state index in [1.165, 1.54) is 19.3 Å². The fourth-order valence-electron chi connectivity index (χ4n) is 2.49. The van der Waals surface area contributed by atoms with Gasteiger partial charge in [0, 0.05) is 30.9 Å². The molecule has 1 aliphatic heterocycles. The Morgan fingerprint density at radius 1 is 1.53 bits per heavy atom. The quantitative estimate of drug-likeness (QED) is 0.835. The molecule has 3 nitrogen and oxygen atoms in total. The molecule has 2 heterocycles. The number of aromatic nitrogens is 1. The Labute approximate surface area is 108 Å². The third kappa shape index (κ3) is 3.41. The van der Waals surface area contributed by atoms with E-state index in [2.05, 4.69) is 21.3 Å². The van der Waals surface area contributed by atoms with Crippen LogP contribution in [0.25, 0.3) is 0 Å². The predicted molar refractivity (Wildman–Crippen MR) is 71.2 cm³/mol. The van der Waals surface area contributed by atoms with Crippen molar-refractivity contribution in [3.8, 4) is 0 Å². The highest BCUT2D eigenvalue weighted by Crippen LogP contribution is 2.21. The molecule has 4 heteroatoms. The summed E-state index contributed by atoms with van der Waals surface area (Å²) >= 11 is 6.11. The Morgan fingerprint density at radius 2 is 2.41 bits per heavy atom. The molecule has 0 aromatic carbocycles. The predicted octanol–water partition coefficient (Wildman–Crippen LogP) is 2.31. The lowest BCUT2D eigenvalue weighted by Crippen LogP contribution is -2.44. The smallest absolute Gasteiger partial charge is 0.133 e. The molecule has 0 bridgehead atoms. The van der Waals surface area contributed by atoms with E-state index in [4.69, 9.17) is 11.6 Å². The van der Waals surface area contributed by atoms with Crippen LogP contribution in [0.1, 0.15) is 24.8 Å². The molecule has 0 radical (unpaired) electrons. The van der Waals surface area contributed by atoms with Gasteiger partial charge in [0.1, 0.15) is 5.15 Å². The van der Waals surface area contributed by atoms with Crippen LogP contribution in [0, 0.1) is 0 Å². The van der Waals surface area contributed by atoms with E-state index in [9.17, 15) is 0 Å². The molecule has 1 atom stereocenters. The van der Waals surface area contributed by atoms with Gasteiger partial charge in [0.2, 0.25) is 0 Å². The Balaban J connectivity index is 2.03. The SMILES string of the molecule is CNCC1CCCCN1Cc1cccnc1Cl. The summed E-state index contributed by atoms with van der Waals surface area (Å²) in [6, 6.07) is 4.66. The first-order valence-corrected chi connectivity index (χ1v) is 6.67. The second-order valence-corrected chi connectivity index (χ2v) is 4.99. The van der Waals surface area contributed by atoms with Crippen LogP contribution in [0.2, 0.25) is 5.15 Å². The van der Waals surface area contributed by atoms with Crippen molar-refractivity contribution < 1.29 is 0 Å². The molecule has 1 unspecified atom stereocenters. The molecule has 0 saturated carbocycles. The maximum Gasteiger partial charge on any atom is 0.133 e. The van der Waals surface area contributed by atoms with Crippen molar-refractivity contribution in [1.29, 1.82) is 0 Å². The fraction of sp³-hybridized carbons (Fsp3) is 0.615. The maximum absolute atomic E-state index is 6.11. The number of halogens is 1. The van der Waals surface area contributed by atoms with Gasteiger partial charge >= 0.3 is 0 Å². The number of nitrogens with one attached hydrogen (secondary N) is 1. The Morgan fingerprint density at radius 3 is 3.18 bits per heavy atom. The van der Waals surface area contributed by atoms with Gasteiger partial charge in [0.25, 0.3) is 0 Å². The summed E-state index contributed by atoms with van der Waals surface area (Å²) in [5.74, 6) is 0. The summed E-state index contributed by atoms with van der Waals surface area (Å²) in [5.41, 5.74) is 1.14. The number of piperidine rings is 1. The maximum atomic E-state index is 6.11. The van der Waals surface area contributed by atoms with Crippen molar-refractivity contribution in [2.75, 3.05) is 20.1 Å².